The third-order valence-electron chi connectivity index (χ3n) is 6.01. The highest BCUT2D eigenvalue weighted by molar-refractivity contribution is 5.75. The zero-order valence-corrected chi connectivity index (χ0v) is 19.7. The number of fused-ring (bicyclic) bond motifs is 1. The van der Waals surface area contributed by atoms with Crippen molar-refractivity contribution in [2.75, 3.05) is 22.9 Å². The number of benzene rings is 3. The van der Waals surface area contributed by atoms with Crippen molar-refractivity contribution in [2.24, 2.45) is 0 Å². The van der Waals surface area contributed by atoms with Crippen LogP contribution in [0, 0.1) is 0 Å². The molecule has 0 saturated heterocycles. The second-order valence-corrected chi connectivity index (χ2v) is 8.57. The summed E-state index contributed by atoms with van der Waals surface area (Å²) in [5, 5.41) is 9.93. The lowest BCUT2D eigenvalue weighted by Gasteiger charge is -2.45. The number of β-amino-alcohol motifs (C(OH)–C–C–N with tert-alkyl or cyclic N) is 1. The monoisotopic (exact) mass is 544 g/mol. The predicted molar refractivity (Wildman–Crippen MR) is 126 cm³/mol. The number of hydrogen-bond acceptors (Lipinski definition) is 5. The Labute approximate surface area is 213 Å². The molecule has 1 aliphatic rings. The van der Waals surface area contributed by atoms with Crippen LogP contribution in [0.25, 0.3) is 0 Å². The minimum atomic E-state index is -4.89. The molecular weight excluding hydrogens is 521 g/mol. The van der Waals surface area contributed by atoms with Crippen LogP contribution in [0.3, 0.4) is 0 Å². The zero-order valence-electron chi connectivity index (χ0n) is 19.7. The number of para-hydroxylation sites is 2. The number of alkyl halides is 7. The molecule has 5 nitrogen and oxygen atoms in total. The lowest BCUT2D eigenvalue weighted by Crippen LogP contribution is -2.49. The Kier molecular flexibility index (Phi) is 8.20. The average molecular weight is 544 g/mol. The van der Waals surface area contributed by atoms with Crippen molar-refractivity contribution in [2.45, 2.75) is 38.1 Å². The van der Waals surface area contributed by atoms with Crippen molar-refractivity contribution < 1.29 is 45.3 Å². The standard InChI is InChI=1S/C26H23F7N2O3/c27-24(28)37-18-7-3-5-16(11-18)13-34-14-22(17-6-4-8-19(12-17)38-25(29)30)35(15-23(36)26(31,32)33)21-10-2-1-9-20(21)34/h1-12,22-25,36H,13-15H2/t22?,23-/m1/s1. The highest BCUT2D eigenvalue weighted by Crippen LogP contribution is 2.43. The molecule has 0 aliphatic carbocycles. The first-order chi connectivity index (χ1) is 18.0. The van der Waals surface area contributed by atoms with E-state index in [1.165, 1.54) is 41.3 Å². The van der Waals surface area contributed by atoms with Gasteiger partial charge in [-0.25, -0.2) is 0 Å². The van der Waals surface area contributed by atoms with Gasteiger partial charge in [0.1, 0.15) is 11.5 Å². The van der Waals surface area contributed by atoms with E-state index in [1.54, 1.807) is 36.4 Å². The summed E-state index contributed by atoms with van der Waals surface area (Å²) in [7, 11) is 0. The molecule has 1 aliphatic heterocycles. The Morgan fingerprint density at radius 1 is 0.816 bits per heavy atom. The van der Waals surface area contributed by atoms with Gasteiger partial charge < -0.3 is 24.4 Å². The number of aliphatic hydroxyl groups is 1. The maximum absolute atomic E-state index is 13.4. The van der Waals surface area contributed by atoms with E-state index in [2.05, 4.69) is 9.47 Å². The molecule has 204 valence electrons. The maximum atomic E-state index is 13.4. The first-order valence-electron chi connectivity index (χ1n) is 11.4. The molecule has 0 aromatic heterocycles. The molecule has 0 spiro atoms. The van der Waals surface area contributed by atoms with Crippen LogP contribution in [0.2, 0.25) is 0 Å². The molecule has 3 aromatic rings. The van der Waals surface area contributed by atoms with Gasteiger partial charge in [-0.05, 0) is 47.5 Å². The Balaban J connectivity index is 1.74. The van der Waals surface area contributed by atoms with Gasteiger partial charge in [-0.2, -0.15) is 30.7 Å². The lowest BCUT2D eigenvalue weighted by molar-refractivity contribution is -0.200. The normalized spacial score (nSPS) is 16.5. The average Bonchev–Trinajstić information content (AvgIpc) is 2.84. The Morgan fingerprint density at radius 2 is 1.42 bits per heavy atom. The largest absolute Gasteiger partial charge is 0.435 e. The van der Waals surface area contributed by atoms with E-state index in [4.69, 9.17) is 0 Å². The van der Waals surface area contributed by atoms with Gasteiger partial charge in [0.05, 0.1) is 24.0 Å². The quantitative estimate of drug-likeness (QED) is 0.317. The van der Waals surface area contributed by atoms with Crippen LogP contribution < -0.4 is 19.3 Å². The minimum Gasteiger partial charge on any atom is -0.435 e. The van der Waals surface area contributed by atoms with Crippen LogP contribution in [0.15, 0.2) is 72.8 Å². The second kappa shape index (κ2) is 11.4. The zero-order chi connectivity index (χ0) is 27.4. The van der Waals surface area contributed by atoms with Gasteiger partial charge in [-0.1, -0.05) is 36.4 Å². The Bertz CT molecular complexity index is 1230. The summed E-state index contributed by atoms with van der Waals surface area (Å²) in [4.78, 5) is 3.21. The number of halogens is 7. The summed E-state index contributed by atoms with van der Waals surface area (Å²) in [6.45, 7) is -6.66. The van der Waals surface area contributed by atoms with Crippen molar-refractivity contribution in [3.8, 4) is 11.5 Å². The fraction of sp³-hybridized carbons (Fsp3) is 0.308. The maximum Gasteiger partial charge on any atom is 0.416 e. The SMILES string of the molecule is O[C@H](CN1c2ccccc2N(Cc2cccc(OC(F)F)c2)CC1c1cccc(OC(F)F)c1)C(F)(F)F. The molecule has 4 rings (SSSR count). The number of anilines is 2. The van der Waals surface area contributed by atoms with E-state index in [1.807, 2.05) is 4.90 Å². The molecule has 12 heteroatoms. The van der Waals surface area contributed by atoms with Crippen LogP contribution in [0.5, 0.6) is 11.5 Å². The highest BCUT2D eigenvalue weighted by atomic mass is 19.4. The number of aliphatic hydroxyl groups excluding tert-OH is 1. The lowest BCUT2D eigenvalue weighted by atomic mass is 9.98. The molecule has 1 N–H and O–H groups in total. The molecule has 1 heterocycles. The van der Waals surface area contributed by atoms with Crippen molar-refractivity contribution in [1.82, 2.24) is 0 Å². The molecular formula is C26H23F7N2O3. The summed E-state index contributed by atoms with van der Waals surface area (Å²) in [6.07, 6.45) is -7.56. The first-order valence-corrected chi connectivity index (χ1v) is 11.4. The Hall–Kier alpha value is -3.67. The van der Waals surface area contributed by atoms with Crippen LogP contribution in [-0.2, 0) is 6.54 Å². The molecule has 0 bridgehead atoms. The van der Waals surface area contributed by atoms with E-state index in [-0.39, 0.29) is 24.6 Å². The summed E-state index contributed by atoms with van der Waals surface area (Å²) in [5.74, 6) is -0.220. The van der Waals surface area contributed by atoms with Gasteiger partial charge in [0.25, 0.3) is 0 Å². The van der Waals surface area contributed by atoms with Crippen LogP contribution in [0.1, 0.15) is 17.2 Å². The van der Waals surface area contributed by atoms with Gasteiger partial charge >= 0.3 is 19.4 Å². The summed E-state index contributed by atoms with van der Waals surface area (Å²) in [6, 6.07) is 17.4. The summed E-state index contributed by atoms with van der Waals surface area (Å²) >= 11 is 0. The topological polar surface area (TPSA) is 45.2 Å². The predicted octanol–water partition coefficient (Wildman–Crippen LogP) is 6.38. The van der Waals surface area contributed by atoms with Crippen LogP contribution in [0.4, 0.5) is 42.1 Å². The summed E-state index contributed by atoms with van der Waals surface area (Å²) in [5.41, 5.74) is 1.88. The van der Waals surface area contributed by atoms with Gasteiger partial charge in [0.2, 0.25) is 0 Å². The van der Waals surface area contributed by atoms with Crippen molar-refractivity contribution >= 4 is 11.4 Å². The third kappa shape index (κ3) is 6.60. The number of rotatable bonds is 9. The van der Waals surface area contributed by atoms with E-state index in [0.717, 1.165) is 0 Å². The fourth-order valence-corrected chi connectivity index (χ4v) is 4.44. The fourth-order valence-electron chi connectivity index (χ4n) is 4.44. The number of hydrogen-bond donors (Lipinski definition) is 1. The van der Waals surface area contributed by atoms with Gasteiger partial charge in [0, 0.05) is 13.1 Å². The highest BCUT2D eigenvalue weighted by Gasteiger charge is 2.42. The van der Waals surface area contributed by atoms with Crippen molar-refractivity contribution in [1.29, 1.82) is 0 Å². The van der Waals surface area contributed by atoms with Crippen molar-refractivity contribution in [3.63, 3.8) is 0 Å². The third-order valence-corrected chi connectivity index (χ3v) is 6.01. The van der Waals surface area contributed by atoms with Crippen molar-refractivity contribution in [3.05, 3.63) is 83.9 Å². The molecule has 0 amide bonds. The van der Waals surface area contributed by atoms with E-state index < -0.39 is 38.1 Å². The van der Waals surface area contributed by atoms with Crippen LogP contribution in [-0.4, -0.2) is 43.7 Å². The minimum absolute atomic E-state index is 0.0499. The van der Waals surface area contributed by atoms with E-state index in [0.29, 0.717) is 22.5 Å². The van der Waals surface area contributed by atoms with Crippen LogP contribution >= 0.6 is 0 Å². The van der Waals surface area contributed by atoms with Gasteiger partial charge in [-0.3, -0.25) is 0 Å². The second-order valence-electron chi connectivity index (χ2n) is 8.57. The molecule has 0 fully saturated rings. The first kappa shape index (κ1) is 27.4. The number of ether oxygens (including phenoxy) is 2. The van der Waals surface area contributed by atoms with Gasteiger partial charge in [0.15, 0.2) is 6.10 Å². The molecule has 38 heavy (non-hydrogen) atoms. The van der Waals surface area contributed by atoms with E-state index >= 15 is 0 Å². The Morgan fingerprint density at radius 3 is 2.05 bits per heavy atom. The molecule has 1 unspecified atom stereocenters. The molecule has 0 radical (unpaired) electrons. The number of nitrogens with zero attached hydrogens (tertiary/aromatic N) is 2. The molecule has 0 saturated carbocycles. The smallest absolute Gasteiger partial charge is 0.416 e. The molecule has 3 aromatic carbocycles. The molecule has 2 atom stereocenters. The van der Waals surface area contributed by atoms with E-state index in [9.17, 15) is 35.8 Å². The van der Waals surface area contributed by atoms with Gasteiger partial charge in [-0.15, -0.1) is 0 Å². The summed E-state index contributed by atoms with van der Waals surface area (Å²) < 4.78 is 100.